The molecular formula is C16H29N3S. The van der Waals surface area contributed by atoms with E-state index < -0.39 is 0 Å². The fraction of sp³-hybridized carbons (Fsp3) is 0.875. The number of aromatic nitrogens is 3. The number of nitrogens with one attached hydrogen (secondary N) is 1. The third-order valence-corrected chi connectivity index (χ3v) is 4.96. The van der Waals surface area contributed by atoms with Crippen molar-refractivity contribution in [1.82, 2.24) is 14.8 Å². The number of hydrogen-bond acceptors (Lipinski definition) is 2. The van der Waals surface area contributed by atoms with Gasteiger partial charge in [0.25, 0.3) is 0 Å². The highest BCUT2D eigenvalue weighted by Gasteiger charge is 2.33. The second-order valence-corrected chi connectivity index (χ2v) is 8.69. The first kappa shape index (κ1) is 15.7. The third kappa shape index (κ3) is 3.16. The maximum Gasteiger partial charge on any atom is 0.195 e. The average molecular weight is 295 g/mol. The predicted molar refractivity (Wildman–Crippen MR) is 86.6 cm³/mol. The van der Waals surface area contributed by atoms with Crippen LogP contribution in [0.2, 0.25) is 0 Å². The van der Waals surface area contributed by atoms with E-state index in [0.717, 1.165) is 16.5 Å². The van der Waals surface area contributed by atoms with Gasteiger partial charge in [0.15, 0.2) is 4.77 Å². The van der Waals surface area contributed by atoms with Gasteiger partial charge >= 0.3 is 0 Å². The Balaban J connectivity index is 2.18. The topological polar surface area (TPSA) is 33.6 Å². The van der Waals surface area contributed by atoms with Gasteiger partial charge in [-0.25, -0.2) is 0 Å². The van der Waals surface area contributed by atoms with Crippen molar-refractivity contribution < 1.29 is 0 Å². The predicted octanol–water partition coefficient (Wildman–Crippen LogP) is 5.02. The molecule has 1 aromatic rings. The van der Waals surface area contributed by atoms with Crippen LogP contribution in [0.3, 0.4) is 0 Å². The zero-order valence-corrected chi connectivity index (χ0v) is 14.6. The van der Waals surface area contributed by atoms with Crippen molar-refractivity contribution in [2.45, 2.75) is 78.7 Å². The van der Waals surface area contributed by atoms with E-state index in [0.29, 0.717) is 11.3 Å². The molecule has 4 heteroatoms. The first-order valence-electron chi connectivity index (χ1n) is 7.78. The zero-order chi connectivity index (χ0) is 15.1. The summed E-state index contributed by atoms with van der Waals surface area (Å²) in [5.41, 5.74) is 0.431. The summed E-state index contributed by atoms with van der Waals surface area (Å²) in [7, 11) is 0. The second-order valence-electron chi connectivity index (χ2n) is 8.31. The van der Waals surface area contributed by atoms with E-state index in [4.69, 9.17) is 12.2 Å². The number of H-pyrrole nitrogens is 1. The van der Waals surface area contributed by atoms with Crippen molar-refractivity contribution >= 4 is 12.2 Å². The molecule has 114 valence electrons. The summed E-state index contributed by atoms with van der Waals surface area (Å²) in [6, 6.07) is 0. The lowest BCUT2D eigenvalue weighted by atomic mass is 9.69. The Hall–Kier alpha value is -0.640. The number of hydrogen-bond donors (Lipinski definition) is 1. The molecule has 0 radical (unpaired) electrons. The van der Waals surface area contributed by atoms with Gasteiger partial charge in [-0.15, -0.1) is 0 Å². The molecule has 2 rings (SSSR count). The Morgan fingerprint density at radius 1 is 1.05 bits per heavy atom. The molecular weight excluding hydrogens is 266 g/mol. The molecule has 20 heavy (non-hydrogen) atoms. The Kier molecular flexibility index (Phi) is 4.16. The molecule has 0 atom stereocenters. The second kappa shape index (κ2) is 5.28. The van der Waals surface area contributed by atoms with Crippen molar-refractivity contribution in [3.8, 4) is 0 Å². The quantitative estimate of drug-likeness (QED) is 0.738. The smallest absolute Gasteiger partial charge is 0.195 e. The molecule has 0 aromatic carbocycles. The molecule has 0 saturated heterocycles. The first-order chi connectivity index (χ1) is 9.10. The maximum absolute atomic E-state index is 5.42. The SMILES string of the molecule is CC(C)(C)C1CCC(c2n[nH]c(=S)n2C(C)(C)C)CC1. The van der Waals surface area contributed by atoms with Gasteiger partial charge in [0, 0.05) is 11.5 Å². The van der Waals surface area contributed by atoms with Gasteiger partial charge in [0.2, 0.25) is 0 Å². The molecule has 1 fully saturated rings. The fourth-order valence-corrected chi connectivity index (χ4v) is 3.86. The van der Waals surface area contributed by atoms with Crippen LogP contribution in [0.1, 0.15) is 79.0 Å². The highest BCUT2D eigenvalue weighted by molar-refractivity contribution is 7.71. The lowest BCUT2D eigenvalue weighted by Crippen LogP contribution is -2.29. The van der Waals surface area contributed by atoms with E-state index >= 15 is 0 Å². The Morgan fingerprint density at radius 2 is 1.60 bits per heavy atom. The molecule has 0 unspecified atom stereocenters. The van der Waals surface area contributed by atoms with Gasteiger partial charge in [0.05, 0.1) is 0 Å². The molecule has 1 aliphatic carbocycles. The van der Waals surface area contributed by atoms with Crippen molar-refractivity contribution in [2.24, 2.45) is 11.3 Å². The van der Waals surface area contributed by atoms with Crippen LogP contribution in [-0.2, 0) is 5.54 Å². The molecule has 0 aliphatic heterocycles. The average Bonchev–Trinajstić information content (AvgIpc) is 2.70. The maximum atomic E-state index is 5.42. The van der Waals surface area contributed by atoms with Crippen LogP contribution >= 0.6 is 12.2 Å². The minimum Gasteiger partial charge on any atom is -0.299 e. The Bertz CT molecular complexity index is 505. The monoisotopic (exact) mass is 295 g/mol. The van der Waals surface area contributed by atoms with Crippen LogP contribution < -0.4 is 0 Å². The summed E-state index contributed by atoms with van der Waals surface area (Å²) >= 11 is 5.42. The van der Waals surface area contributed by atoms with Crippen LogP contribution in [-0.4, -0.2) is 14.8 Å². The van der Waals surface area contributed by atoms with E-state index in [2.05, 4.69) is 56.3 Å². The lowest BCUT2D eigenvalue weighted by molar-refractivity contribution is 0.164. The molecule has 1 aromatic heterocycles. The molecule has 0 bridgehead atoms. The minimum atomic E-state index is 0.000290. The molecule has 1 heterocycles. The van der Waals surface area contributed by atoms with E-state index in [-0.39, 0.29) is 5.54 Å². The summed E-state index contributed by atoms with van der Waals surface area (Å²) in [6.07, 6.45) is 5.07. The number of nitrogens with zero attached hydrogens (tertiary/aromatic N) is 2. The van der Waals surface area contributed by atoms with Gasteiger partial charge in [-0.05, 0) is 70.0 Å². The molecule has 1 saturated carbocycles. The molecule has 1 N–H and O–H groups in total. The van der Waals surface area contributed by atoms with Gasteiger partial charge in [0.1, 0.15) is 5.82 Å². The first-order valence-corrected chi connectivity index (χ1v) is 8.19. The van der Waals surface area contributed by atoms with Crippen molar-refractivity contribution in [2.75, 3.05) is 0 Å². The fourth-order valence-electron chi connectivity index (χ4n) is 3.45. The lowest BCUT2D eigenvalue weighted by Gasteiger charge is -2.37. The largest absolute Gasteiger partial charge is 0.299 e. The number of rotatable bonds is 1. The minimum absolute atomic E-state index is 0.000290. The van der Waals surface area contributed by atoms with E-state index in [9.17, 15) is 0 Å². The van der Waals surface area contributed by atoms with E-state index in [1.807, 2.05) is 0 Å². The molecule has 0 amide bonds. The summed E-state index contributed by atoms with van der Waals surface area (Å²) in [5, 5.41) is 7.54. The normalized spacial score (nSPS) is 24.9. The number of aromatic amines is 1. The van der Waals surface area contributed by atoms with Gasteiger partial charge in [-0.3, -0.25) is 9.67 Å². The standard InChI is InChI=1S/C16H29N3S/c1-15(2,3)12-9-7-11(8-10-12)13-17-18-14(20)19(13)16(4,5)6/h11-12H,7-10H2,1-6H3,(H,18,20). The summed E-state index contributed by atoms with van der Waals surface area (Å²) in [6.45, 7) is 13.7. The highest BCUT2D eigenvalue weighted by atomic mass is 32.1. The van der Waals surface area contributed by atoms with Crippen molar-refractivity contribution in [3.05, 3.63) is 10.6 Å². The molecule has 1 aliphatic rings. The Morgan fingerprint density at radius 3 is 2.05 bits per heavy atom. The van der Waals surface area contributed by atoms with E-state index in [1.54, 1.807) is 0 Å². The third-order valence-electron chi connectivity index (χ3n) is 4.69. The highest BCUT2D eigenvalue weighted by Crippen LogP contribution is 2.43. The van der Waals surface area contributed by atoms with Gasteiger partial charge < -0.3 is 0 Å². The van der Waals surface area contributed by atoms with Crippen LogP contribution in [0.25, 0.3) is 0 Å². The van der Waals surface area contributed by atoms with Crippen LogP contribution in [0.4, 0.5) is 0 Å². The van der Waals surface area contributed by atoms with Gasteiger partial charge in [-0.2, -0.15) is 5.10 Å². The van der Waals surface area contributed by atoms with Crippen molar-refractivity contribution in [3.63, 3.8) is 0 Å². The van der Waals surface area contributed by atoms with Gasteiger partial charge in [-0.1, -0.05) is 20.8 Å². The Labute approximate surface area is 128 Å². The summed E-state index contributed by atoms with van der Waals surface area (Å²) in [4.78, 5) is 0. The summed E-state index contributed by atoms with van der Waals surface area (Å²) < 4.78 is 2.97. The van der Waals surface area contributed by atoms with Crippen LogP contribution in [0.5, 0.6) is 0 Å². The van der Waals surface area contributed by atoms with E-state index in [1.165, 1.54) is 25.7 Å². The van der Waals surface area contributed by atoms with Crippen LogP contribution in [0.15, 0.2) is 0 Å². The van der Waals surface area contributed by atoms with Crippen LogP contribution in [0, 0.1) is 16.1 Å². The zero-order valence-electron chi connectivity index (χ0n) is 13.8. The summed E-state index contributed by atoms with van der Waals surface area (Å²) in [5.74, 6) is 2.55. The molecule has 3 nitrogen and oxygen atoms in total. The van der Waals surface area contributed by atoms with Crippen molar-refractivity contribution in [1.29, 1.82) is 0 Å². The molecule has 0 spiro atoms.